The lowest BCUT2D eigenvalue weighted by atomic mass is 10.3. The van der Waals surface area contributed by atoms with Crippen molar-refractivity contribution in [1.29, 1.82) is 0 Å². The third-order valence-electron chi connectivity index (χ3n) is 2.38. The van der Waals surface area contributed by atoms with E-state index in [0.717, 1.165) is 12.2 Å². The Bertz CT molecular complexity index is 431. The minimum Gasteiger partial charge on any atom is -0.494 e. The van der Waals surface area contributed by atoms with Crippen molar-refractivity contribution in [3.8, 4) is 5.75 Å². The first-order chi connectivity index (χ1) is 9.67. The second kappa shape index (κ2) is 8.92. The Morgan fingerprint density at radius 2 is 1.80 bits per heavy atom. The summed E-state index contributed by atoms with van der Waals surface area (Å²) in [5.41, 5.74) is 0.542. The van der Waals surface area contributed by atoms with Crippen LogP contribution >= 0.6 is 0 Å². The fourth-order valence-electron chi connectivity index (χ4n) is 1.39. The second-order valence-corrected chi connectivity index (χ2v) is 4.08. The smallest absolute Gasteiger partial charge is 0.313 e. The van der Waals surface area contributed by atoms with Gasteiger partial charge in [-0.2, -0.15) is 0 Å². The molecule has 0 fully saturated rings. The average molecular weight is 280 g/mol. The van der Waals surface area contributed by atoms with Crippen LogP contribution in [0.25, 0.3) is 0 Å². The van der Waals surface area contributed by atoms with Gasteiger partial charge in [0.15, 0.2) is 0 Å². The summed E-state index contributed by atoms with van der Waals surface area (Å²) in [6.07, 6.45) is 0.931. The number of carbonyl (C=O) groups excluding carboxylic acids is 2. The van der Waals surface area contributed by atoms with E-state index in [9.17, 15) is 9.59 Å². The van der Waals surface area contributed by atoms with Crippen molar-refractivity contribution in [2.75, 3.05) is 32.2 Å². The third kappa shape index (κ3) is 5.71. The lowest BCUT2D eigenvalue weighted by Gasteiger charge is -2.08. The molecule has 0 atom stereocenters. The highest BCUT2D eigenvalue weighted by molar-refractivity contribution is 6.39. The SMILES string of the molecule is CCCOc1ccc(NC(=O)C(=O)NCCOC)cc1. The molecule has 1 aromatic carbocycles. The lowest BCUT2D eigenvalue weighted by Crippen LogP contribution is -2.37. The van der Waals surface area contributed by atoms with Crippen LogP contribution in [0.1, 0.15) is 13.3 Å². The van der Waals surface area contributed by atoms with Gasteiger partial charge in [0.25, 0.3) is 0 Å². The van der Waals surface area contributed by atoms with E-state index in [4.69, 9.17) is 9.47 Å². The maximum Gasteiger partial charge on any atom is 0.313 e. The Morgan fingerprint density at radius 3 is 2.40 bits per heavy atom. The topological polar surface area (TPSA) is 76.7 Å². The second-order valence-electron chi connectivity index (χ2n) is 4.08. The Kier molecular flexibility index (Phi) is 7.13. The van der Waals surface area contributed by atoms with E-state index in [0.29, 0.717) is 25.4 Å². The predicted octanol–water partition coefficient (Wildman–Crippen LogP) is 1.18. The first-order valence-electron chi connectivity index (χ1n) is 6.48. The minimum atomic E-state index is -0.705. The zero-order chi connectivity index (χ0) is 14.8. The first-order valence-corrected chi connectivity index (χ1v) is 6.48. The molecule has 0 aliphatic rings. The molecule has 20 heavy (non-hydrogen) atoms. The molecule has 0 bridgehead atoms. The van der Waals surface area contributed by atoms with E-state index in [-0.39, 0.29) is 0 Å². The molecule has 0 unspecified atom stereocenters. The van der Waals surface area contributed by atoms with Gasteiger partial charge in [-0.15, -0.1) is 0 Å². The highest BCUT2D eigenvalue weighted by atomic mass is 16.5. The molecule has 0 heterocycles. The van der Waals surface area contributed by atoms with Crippen molar-refractivity contribution in [2.45, 2.75) is 13.3 Å². The largest absolute Gasteiger partial charge is 0.494 e. The number of anilines is 1. The van der Waals surface area contributed by atoms with E-state index in [1.54, 1.807) is 24.3 Å². The number of hydrogen-bond acceptors (Lipinski definition) is 4. The molecule has 0 spiro atoms. The third-order valence-corrected chi connectivity index (χ3v) is 2.38. The molecule has 110 valence electrons. The van der Waals surface area contributed by atoms with E-state index in [1.165, 1.54) is 7.11 Å². The molecular weight excluding hydrogens is 260 g/mol. The van der Waals surface area contributed by atoms with Crippen molar-refractivity contribution in [2.24, 2.45) is 0 Å². The first kappa shape index (κ1) is 16.0. The van der Waals surface area contributed by atoms with Crippen LogP contribution in [-0.4, -0.2) is 38.7 Å². The summed E-state index contributed by atoms with van der Waals surface area (Å²) in [6, 6.07) is 6.86. The van der Waals surface area contributed by atoms with Crippen LogP contribution in [0.15, 0.2) is 24.3 Å². The molecule has 1 rings (SSSR count). The molecule has 0 radical (unpaired) electrons. The van der Waals surface area contributed by atoms with Gasteiger partial charge in [-0.3, -0.25) is 9.59 Å². The number of ether oxygens (including phenoxy) is 2. The number of benzene rings is 1. The van der Waals surface area contributed by atoms with Crippen LogP contribution in [0.2, 0.25) is 0 Å². The summed E-state index contributed by atoms with van der Waals surface area (Å²) in [5.74, 6) is -0.661. The van der Waals surface area contributed by atoms with E-state index in [1.807, 2.05) is 6.92 Å². The number of hydrogen-bond donors (Lipinski definition) is 2. The zero-order valence-electron chi connectivity index (χ0n) is 11.8. The monoisotopic (exact) mass is 280 g/mol. The van der Waals surface area contributed by atoms with Crippen LogP contribution in [0.5, 0.6) is 5.75 Å². The highest BCUT2D eigenvalue weighted by Crippen LogP contribution is 2.15. The lowest BCUT2D eigenvalue weighted by molar-refractivity contribution is -0.136. The van der Waals surface area contributed by atoms with Gasteiger partial charge in [0, 0.05) is 19.3 Å². The Morgan fingerprint density at radius 1 is 1.10 bits per heavy atom. The molecule has 0 aliphatic heterocycles. The van der Waals surface area contributed by atoms with Crippen LogP contribution in [0, 0.1) is 0 Å². The van der Waals surface area contributed by atoms with Gasteiger partial charge in [-0.05, 0) is 30.7 Å². The number of nitrogens with one attached hydrogen (secondary N) is 2. The van der Waals surface area contributed by atoms with Crippen molar-refractivity contribution in [1.82, 2.24) is 5.32 Å². The van der Waals surface area contributed by atoms with Crippen molar-refractivity contribution in [3.63, 3.8) is 0 Å². The van der Waals surface area contributed by atoms with Crippen molar-refractivity contribution >= 4 is 17.5 Å². The summed E-state index contributed by atoms with van der Waals surface area (Å²) < 4.78 is 10.2. The minimum absolute atomic E-state index is 0.298. The van der Waals surface area contributed by atoms with Gasteiger partial charge in [0.1, 0.15) is 5.75 Å². The molecule has 2 amide bonds. The van der Waals surface area contributed by atoms with Crippen molar-refractivity contribution < 1.29 is 19.1 Å². The fraction of sp³-hybridized carbons (Fsp3) is 0.429. The van der Waals surface area contributed by atoms with Gasteiger partial charge >= 0.3 is 11.8 Å². The molecule has 0 aromatic heterocycles. The normalized spacial score (nSPS) is 9.90. The van der Waals surface area contributed by atoms with E-state index >= 15 is 0 Å². The van der Waals surface area contributed by atoms with Crippen LogP contribution < -0.4 is 15.4 Å². The van der Waals surface area contributed by atoms with E-state index < -0.39 is 11.8 Å². The number of methoxy groups -OCH3 is 1. The van der Waals surface area contributed by atoms with Gasteiger partial charge in [-0.1, -0.05) is 6.92 Å². The number of carbonyl (C=O) groups is 2. The van der Waals surface area contributed by atoms with Crippen LogP contribution in [0.4, 0.5) is 5.69 Å². The Balaban J connectivity index is 2.43. The van der Waals surface area contributed by atoms with Gasteiger partial charge in [0.05, 0.1) is 13.2 Å². The molecule has 0 saturated heterocycles. The fourth-order valence-corrected chi connectivity index (χ4v) is 1.39. The summed E-state index contributed by atoms with van der Waals surface area (Å²) in [7, 11) is 1.52. The Hall–Kier alpha value is -2.08. The molecule has 6 heteroatoms. The number of rotatable bonds is 7. The number of amides is 2. The van der Waals surface area contributed by atoms with Gasteiger partial charge < -0.3 is 20.1 Å². The standard InChI is InChI=1S/C14H20N2O4/c1-3-9-20-12-6-4-11(5-7-12)16-14(18)13(17)15-8-10-19-2/h4-7H,3,8-10H2,1-2H3,(H,15,17)(H,16,18). The maximum absolute atomic E-state index is 11.6. The van der Waals surface area contributed by atoms with E-state index in [2.05, 4.69) is 10.6 Å². The maximum atomic E-state index is 11.6. The molecular formula is C14H20N2O4. The predicted molar refractivity (Wildman–Crippen MR) is 75.7 cm³/mol. The molecule has 0 saturated carbocycles. The summed E-state index contributed by atoms with van der Waals surface area (Å²) in [6.45, 7) is 3.33. The van der Waals surface area contributed by atoms with Crippen LogP contribution in [-0.2, 0) is 14.3 Å². The van der Waals surface area contributed by atoms with Crippen molar-refractivity contribution in [3.05, 3.63) is 24.3 Å². The Labute approximate surface area is 118 Å². The quantitative estimate of drug-likeness (QED) is 0.581. The van der Waals surface area contributed by atoms with Gasteiger partial charge in [0.2, 0.25) is 0 Å². The zero-order valence-corrected chi connectivity index (χ0v) is 11.8. The molecule has 1 aromatic rings. The summed E-state index contributed by atoms with van der Waals surface area (Å²) in [4.78, 5) is 23.0. The molecule has 6 nitrogen and oxygen atoms in total. The molecule has 0 aliphatic carbocycles. The summed E-state index contributed by atoms with van der Waals surface area (Å²) >= 11 is 0. The average Bonchev–Trinajstić information content (AvgIpc) is 2.46. The van der Waals surface area contributed by atoms with Gasteiger partial charge in [-0.25, -0.2) is 0 Å². The summed E-state index contributed by atoms with van der Waals surface area (Å²) in [5, 5.41) is 4.95. The molecule has 2 N–H and O–H groups in total. The highest BCUT2D eigenvalue weighted by Gasteiger charge is 2.12. The van der Waals surface area contributed by atoms with Crippen LogP contribution in [0.3, 0.4) is 0 Å².